The fourth-order valence-corrected chi connectivity index (χ4v) is 3.25. The molecule has 2 aromatic rings. The molecule has 1 heterocycles. The second-order valence-electron chi connectivity index (χ2n) is 3.64. The minimum absolute atomic E-state index is 0.125. The van der Waals surface area contributed by atoms with Gasteiger partial charge in [0.15, 0.2) is 0 Å². The van der Waals surface area contributed by atoms with Crippen LogP contribution in [0.5, 0.6) is 0 Å². The standard InChI is InChI=1S/C10H11FN4O2S2/c1-2-9-13-14-10(18-9)15-19(16,17)6-3-4-7(11)8(12)5-6/h3-5H,2,12H2,1H3,(H,14,15). The van der Waals surface area contributed by atoms with Gasteiger partial charge in [-0.25, -0.2) is 12.8 Å². The lowest BCUT2D eigenvalue weighted by Gasteiger charge is -2.05. The van der Waals surface area contributed by atoms with Crippen LogP contribution in [0.1, 0.15) is 11.9 Å². The Kier molecular flexibility index (Phi) is 3.67. The number of anilines is 2. The molecule has 0 spiro atoms. The Bertz CT molecular complexity index is 699. The fourth-order valence-electron chi connectivity index (χ4n) is 1.30. The molecule has 0 radical (unpaired) electrons. The van der Waals surface area contributed by atoms with Gasteiger partial charge in [-0.15, -0.1) is 10.2 Å². The van der Waals surface area contributed by atoms with Gasteiger partial charge < -0.3 is 5.73 Å². The average molecular weight is 302 g/mol. The Morgan fingerprint density at radius 1 is 1.42 bits per heavy atom. The van der Waals surface area contributed by atoms with Gasteiger partial charge in [-0.3, -0.25) is 4.72 Å². The van der Waals surface area contributed by atoms with Crippen molar-refractivity contribution in [2.45, 2.75) is 18.2 Å². The predicted octanol–water partition coefficient (Wildman–Crippen LogP) is 1.62. The molecule has 0 saturated heterocycles. The van der Waals surface area contributed by atoms with E-state index in [2.05, 4.69) is 14.9 Å². The van der Waals surface area contributed by atoms with Gasteiger partial charge in [-0.2, -0.15) is 0 Å². The highest BCUT2D eigenvalue weighted by Gasteiger charge is 2.17. The second kappa shape index (κ2) is 5.10. The number of benzene rings is 1. The second-order valence-corrected chi connectivity index (χ2v) is 6.39. The summed E-state index contributed by atoms with van der Waals surface area (Å²) in [5.74, 6) is -0.664. The lowest BCUT2D eigenvalue weighted by molar-refractivity contribution is 0.600. The molecule has 0 aliphatic rings. The van der Waals surface area contributed by atoms with Gasteiger partial charge in [0.05, 0.1) is 10.6 Å². The lowest BCUT2D eigenvalue weighted by Crippen LogP contribution is -2.13. The number of nitrogen functional groups attached to an aromatic ring is 1. The molecule has 1 aromatic carbocycles. The normalized spacial score (nSPS) is 11.5. The maximum Gasteiger partial charge on any atom is 0.263 e. The summed E-state index contributed by atoms with van der Waals surface area (Å²) in [4.78, 5) is -0.125. The van der Waals surface area contributed by atoms with Gasteiger partial charge in [0.1, 0.15) is 10.8 Å². The Balaban J connectivity index is 2.29. The van der Waals surface area contributed by atoms with Gasteiger partial charge in [-0.05, 0) is 24.6 Å². The largest absolute Gasteiger partial charge is 0.396 e. The smallest absolute Gasteiger partial charge is 0.263 e. The van der Waals surface area contributed by atoms with Crippen LogP contribution in [0.15, 0.2) is 23.1 Å². The van der Waals surface area contributed by atoms with Crippen molar-refractivity contribution in [2.75, 3.05) is 10.5 Å². The van der Waals surface area contributed by atoms with E-state index in [9.17, 15) is 12.8 Å². The summed E-state index contributed by atoms with van der Waals surface area (Å²) in [6, 6.07) is 3.19. The van der Waals surface area contributed by atoms with Crippen LogP contribution >= 0.6 is 11.3 Å². The summed E-state index contributed by atoms with van der Waals surface area (Å²) in [6.07, 6.45) is 0.670. The molecule has 0 atom stereocenters. The number of nitrogens with one attached hydrogen (secondary N) is 1. The van der Waals surface area contributed by atoms with E-state index < -0.39 is 15.8 Å². The van der Waals surface area contributed by atoms with Crippen LogP contribution in [0.3, 0.4) is 0 Å². The molecule has 1 aromatic heterocycles. The zero-order chi connectivity index (χ0) is 14.0. The van der Waals surface area contributed by atoms with E-state index in [1.165, 1.54) is 0 Å². The first-order valence-electron chi connectivity index (χ1n) is 5.32. The highest BCUT2D eigenvalue weighted by atomic mass is 32.2. The van der Waals surface area contributed by atoms with Crippen molar-refractivity contribution >= 4 is 32.2 Å². The van der Waals surface area contributed by atoms with Crippen LogP contribution < -0.4 is 10.5 Å². The molecule has 2 rings (SSSR count). The third-order valence-corrected chi connectivity index (χ3v) is 4.72. The number of nitrogens with two attached hydrogens (primary N) is 1. The number of aromatic nitrogens is 2. The summed E-state index contributed by atoms with van der Waals surface area (Å²) >= 11 is 1.14. The van der Waals surface area contributed by atoms with E-state index in [0.717, 1.165) is 34.5 Å². The molecule has 9 heteroatoms. The van der Waals surface area contributed by atoms with Crippen LogP contribution in [0.4, 0.5) is 15.2 Å². The molecule has 0 aliphatic carbocycles. The van der Waals surface area contributed by atoms with E-state index in [1.807, 2.05) is 6.92 Å². The van der Waals surface area contributed by atoms with Gasteiger partial charge in [0.25, 0.3) is 10.0 Å². The SMILES string of the molecule is CCc1nnc(NS(=O)(=O)c2ccc(F)c(N)c2)s1. The molecule has 102 valence electrons. The number of halogens is 1. The van der Waals surface area contributed by atoms with E-state index in [-0.39, 0.29) is 15.7 Å². The van der Waals surface area contributed by atoms with Crippen molar-refractivity contribution in [1.82, 2.24) is 10.2 Å². The third-order valence-electron chi connectivity index (χ3n) is 2.27. The average Bonchev–Trinajstić information content (AvgIpc) is 2.79. The minimum atomic E-state index is -3.84. The van der Waals surface area contributed by atoms with Crippen LogP contribution in [0.25, 0.3) is 0 Å². The van der Waals surface area contributed by atoms with Crippen molar-refractivity contribution in [3.63, 3.8) is 0 Å². The molecule has 0 fully saturated rings. The molecular weight excluding hydrogens is 291 g/mol. The maximum absolute atomic E-state index is 13.0. The van der Waals surface area contributed by atoms with Gasteiger partial charge in [-0.1, -0.05) is 18.3 Å². The zero-order valence-corrected chi connectivity index (χ0v) is 11.6. The van der Waals surface area contributed by atoms with E-state index in [0.29, 0.717) is 6.42 Å². The first-order chi connectivity index (χ1) is 8.92. The number of rotatable bonds is 4. The van der Waals surface area contributed by atoms with Gasteiger partial charge in [0, 0.05) is 0 Å². The van der Waals surface area contributed by atoms with Crippen molar-refractivity contribution in [1.29, 1.82) is 0 Å². The summed E-state index contributed by atoms with van der Waals surface area (Å²) in [5.41, 5.74) is 5.12. The van der Waals surface area contributed by atoms with Crippen LogP contribution in [-0.2, 0) is 16.4 Å². The van der Waals surface area contributed by atoms with Crippen molar-refractivity contribution in [3.05, 3.63) is 29.0 Å². The molecule has 0 saturated carbocycles. The van der Waals surface area contributed by atoms with E-state index in [1.54, 1.807) is 0 Å². The summed E-state index contributed by atoms with van der Waals surface area (Å²) in [5, 5.41) is 8.40. The number of nitrogens with zero attached hydrogens (tertiary/aromatic N) is 2. The quantitative estimate of drug-likeness (QED) is 0.836. The lowest BCUT2D eigenvalue weighted by atomic mass is 10.3. The van der Waals surface area contributed by atoms with Crippen LogP contribution in [0, 0.1) is 5.82 Å². The van der Waals surface area contributed by atoms with Gasteiger partial charge in [0.2, 0.25) is 5.13 Å². The summed E-state index contributed by atoms with van der Waals surface area (Å²) in [6.45, 7) is 1.89. The molecule has 3 N–H and O–H groups in total. The van der Waals surface area contributed by atoms with E-state index >= 15 is 0 Å². The highest BCUT2D eigenvalue weighted by Crippen LogP contribution is 2.22. The first kappa shape index (κ1) is 13.7. The Morgan fingerprint density at radius 2 is 2.16 bits per heavy atom. The molecule has 0 aliphatic heterocycles. The number of hydrogen-bond donors (Lipinski definition) is 2. The van der Waals surface area contributed by atoms with Crippen molar-refractivity contribution in [2.24, 2.45) is 0 Å². The number of aryl methyl sites for hydroxylation is 1. The first-order valence-corrected chi connectivity index (χ1v) is 7.62. The number of sulfonamides is 1. The molecule has 19 heavy (non-hydrogen) atoms. The fraction of sp³-hybridized carbons (Fsp3) is 0.200. The molecule has 0 bridgehead atoms. The summed E-state index contributed by atoms with van der Waals surface area (Å²) in [7, 11) is -3.84. The third kappa shape index (κ3) is 2.99. The summed E-state index contributed by atoms with van der Waals surface area (Å²) < 4.78 is 39.3. The highest BCUT2D eigenvalue weighted by molar-refractivity contribution is 7.93. The monoisotopic (exact) mass is 302 g/mol. The number of hydrogen-bond acceptors (Lipinski definition) is 6. The van der Waals surface area contributed by atoms with Crippen molar-refractivity contribution in [3.8, 4) is 0 Å². The Labute approximate surface area is 113 Å². The zero-order valence-electron chi connectivity index (χ0n) is 9.92. The van der Waals surface area contributed by atoms with Crippen molar-refractivity contribution < 1.29 is 12.8 Å². The molecule has 0 unspecified atom stereocenters. The molecule has 6 nitrogen and oxygen atoms in total. The minimum Gasteiger partial charge on any atom is -0.396 e. The van der Waals surface area contributed by atoms with Crippen LogP contribution in [-0.4, -0.2) is 18.6 Å². The Hall–Kier alpha value is -1.74. The topological polar surface area (TPSA) is 98.0 Å². The van der Waals surface area contributed by atoms with E-state index in [4.69, 9.17) is 5.73 Å². The van der Waals surface area contributed by atoms with Gasteiger partial charge >= 0.3 is 0 Å². The van der Waals surface area contributed by atoms with Crippen LogP contribution in [0.2, 0.25) is 0 Å². The Morgan fingerprint density at radius 3 is 2.74 bits per heavy atom. The maximum atomic E-state index is 13.0. The molecule has 0 amide bonds. The predicted molar refractivity (Wildman–Crippen MR) is 70.9 cm³/mol. The molecular formula is C10H11FN4O2S2.